The van der Waals surface area contributed by atoms with Gasteiger partial charge in [-0.3, -0.25) is 0 Å². The summed E-state index contributed by atoms with van der Waals surface area (Å²) in [5.74, 6) is 0. The van der Waals surface area contributed by atoms with Crippen molar-refractivity contribution >= 4 is 11.6 Å². The van der Waals surface area contributed by atoms with Gasteiger partial charge in [0.25, 0.3) is 5.25 Å². The van der Waals surface area contributed by atoms with Crippen molar-refractivity contribution in [2.24, 2.45) is 0 Å². The maximum atomic E-state index is 13.5. The van der Waals surface area contributed by atoms with Crippen LogP contribution in [0, 0.1) is 0 Å². The minimum absolute atomic E-state index is 0.554. The Labute approximate surface area is 75.6 Å². The zero-order valence-electron chi connectivity index (χ0n) is 6.48. The first-order valence-electron chi connectivity index (χ1n) is 3.93. The number of rotatable bonds is 0. The zero-order chi connectivity index (χ0) is 8.60. The van der Waals surface area contributed by atoms with Crippen LogP contribution in [0.25, 0.3) is 0 Å². The lowest BCUT2D eigenvalue weighted by Crippen LogP contribution is -2.36. The van der Waals surface area contributed by atoms with Crippen molar-refractivity contribution < 1.29 is 4.39 Å². The SMILES string of the molecule is FC1(Cl)NC=CC2=CCCC=C21. The van der Waals surface area contributed by atoms with Gasteiger partial charge in [0.1, 0.15) is 0 Å². The topological polar surface area (TPSA) is 12.0 Å². The van der Waals surface area contributed by atoms with Crippen molar-refractivity contribution in [2.75, 3.05) is 0 Å². The highest BCUT2D eigenvalue weighted by Crippen LogP contribution is 2.36. The molecule has 0 amide bonds. The molecule has 0 radical (unpaired) electrons. The normalized spacial score (nSPS) is 33.2. The van der Waals surface area contributed by atoms with Crippen molar-refractivity contribution in [2.45, 2.75) is 18.1 Å². The number of hydrogen-bond acceptors (Lipinski definition) is 1. The van der Waals surface area contributed by atoms with Crippen LogP contribution in [0.1, 0.15) is 12.8 Å². The Morgan fingerprint density at radius 3 is 2.92 bits per heavy atom. The highest BCUT2D eigenvalue weighted by atomic mass is 35.5. The first-order chi connectivity index (χ1) is 5.70. The Kier molecular flexibility index (Phi) is 1.72. The summed E-state index contributed by atoms with van der Waals surface area (Å²) in [4.78, 5) is 0. The summed E-state index contributed by atoms with van der Waals surface area (Å²) in [6.45, 7) is 0. The summed E-state index contributed by atoms with van der Waals surface area (Å²) in [5.41, 5.74) is 1.45. The van der Waals surface area contributed by atoms with E-state index in [0.29, 0.717) is 5.57 Å². The Bertz CT molecular complexity index is 289. The van der Waals surface area contributed by atoms with Crippen molar-refractivity contribution in [1.29, 1.82) is 0 Å². The fraction of sp³-hybridized carbons (Fsp3) is 0.333. The molecule has 0 bridgehead atoms. The lowest BCUT2D eigenvalue weighted by atomic mass is 9.95. The van der Waals surface area contributed by atoms with Gasteiger partial charge < -0.3 is 5.32 Å². The van der Waals surface area contributed by atoms with Gasteiger partial charge in [0.2, 0.25) is 0 Å². The highest BCUT2D eigenvalue weighted by Gasteiger charge is 2.34. The molecule has 1 aliphatic heterocycles. The Balaban J connectivity index is 2.43. The molecular weight excluding hydrogens is 177 g/mol. The van der Waals surface area contributed by atoms with E-state index in [1.54, 1.807) is 6.20 Å². The number of allylic oxidation sites excluding steroid dienone is 3. The van der Waals surface area contributed by atoms with Crippen LogP contribution in [0.2, 0.25) is 0 Å². The predicted molar refractivity (Wildman–Crippen MR) is 47.4 cm³/mol. The predicted octanol–water partition coefficient (Wildman–Crippen LogP) is 2.61. The van der Waals surface area contributed by atoms with Gasteiger partial charge in [0, 0.05) is 11.8 Å². The minimum atomic E-state index is -1.90. The Hall–Kier alpha value is -0.760. The molecule has 1 atom stereocenters. The molecule has 2 aliphatic rings. The van der Waals surface area contributed by atoms with Gasteiger partial charge in [-0.1, -0.05) is 23.8 Å². The van der Waals surface area contributed by atoms with E-state index in [9.17, 15) is 4.39 Å². The zero-order valence-corrected chi connectivity index (χ0v) is 7.24. The molecule has 0 aromatic rings. The lowest BCUT2D eigenvalue weighted by Gasteiger charge is -2.28. The summed E-state index contributed by atoms with van der Waals surface area (Å²) >= 11 is 5.61. The number of alkyl halides is 2. The monoisotopic (exact) mass is 185 g/mol. The van der Waals surface area contributed by atoms with E-state index in [4.69, 9.17) is 11.6 Å². The summed E-state index contributed by atoms with van der Waals surface area (Å²) in [7, 11) is 0. The van der Waals surface area contributed by atoms with Crippen LogP contribution in [0.4, 0.5) is 4.39 Å². The first kappa shape index (κ1) is 7.87. The average molecular weight is 186 g/mol. The maximum absolute atomic E-state index is 13.5. The first-order valence-corrected chi connectivity index (χ1v) is 4.31. The van der Waals surface area contributed by atoms with Crippen LogP contribution in [0.3, 0.4) is 0 Å². The Morgan fingerprint density at radius 1 is 1.42 bits per heavy atom. The van der Waals surface area contributed by atoms with Crippen molar-refractivity contribution in [3.63, 3.8) is 0 Å². The van der Waals surface area contributed by atoms with Gasteiger partial charge in [-0.05, 0) is 24.5 Å². The number of fused-ring (bicyclic) bond motifs is 1. The van der Waals surface area contributed by atoms with Crippen LogP contribution in [-0.2, 0) is 0 Å². The van der Waals surface area contributed by atoms with Crippen molar-refractivity contribution in [3.8, 4) is 0 Å². The lowest BCUT2D eigenvalue weighted by molar-refractivity contribution is 0.293. The number of hydrogen-bond donors (Lipinski definition) is 1. The minimum Gasteiger partial charge on any atom is -0.343 e. The molecule has 64 valence electrons. The highest BCUT2D eigenvalue weighted by molar-refractivity contribution is 6.25. The fourth-order valence-corrected chi connectivity index (χ4v) is 1.72. The van der Waals surface area contributed by atoms with E-state index in [1.807, 2.05) is 18.2 Å². The smallest absolute Gasteiger partial charge is 0.282 e. The summed E-state index contributed by atoms with van der Waals surface area (Å²) in [5, 5.41) is 0.565. The molecule has 0 saturated heterocycles. The molecule has 1 nitrogen and oxygen atoms in total. The molecule has 1 aliphatic carbocycles. The number of nitrogens with one attached hydrogen (secondary N) is 1. The summed E-state index contributed by atoms with van der Waals surface area (Å²) < 4.78 is 13.5. The molecule has 12 heavy (non-hydrogen) atoms. The molecule has 1 N–H and O–H groups in total. The van der Waals surface area contributed by atoms with E-state index in [-0.39, 0.29) is 0 Å². The van der Waals surface area contributed by atoms with Crippen LogP contribution < -0.4 is 5.32 Å². The molecule has 1 heterocycles. The van der Waals surface area contributed by atoms with Gasteiger partial charge in [0.05, 0.1) is 0 Å². The molecule has 0 saturated carbocycles. The van der Waals surface area contributed by atoms with Crippen molar-refractivity contribution in [3.05, 3.63) is 35.6 Å². The maximum Gasteiger partial charge on any atom is 0.282 e. The largest absolute Gasteiger partial charge is 0.343 e. The molecule has 3 heteroatoms. The van der Waals surface area contributed by atoms with Gasteiger partial charge in [0.15, 0.2) is 0 Å². The molecular formula is C9H9ClFN. The molecule has 0 fully saturated rings. The molecule has 0 aromatic carbocycles. The molecule has 0 aromatic heterocycles. The van der Waals surface area contributed by atoms with Crippen LogP contribution in [0.5, 0.6) is 0 Å². The summed E-state index contributed by atoms with van der Waals surface area (Å²) in [6, 6.07) is 0. The third-order valence-corrected chi connectivity index (χ3v) is 2.37. The summed E-state index contributed by atoms with van der Waals surface area (Å²) in [6.07, 6.45) is 9.07. The third kappa shape index (κ3) is 1.16. The standard InChI is InChI=1S/C9H9ClFN/c10-9(11)8-4-2-1-3-7(8)5-6-12-9/h3-6,12H,1-2H2. The fourth-order valence-electron chi connectivity index (χ4n) is 1.48. The second-order valence-electron chi connectivity index (χ2n) is 2.91. The van der Waals surface area contributed by atoms with Crippen LogP contribution >= 0.6 is 11.6 Å². The second kappa shape index (κ2) is 2.63. The van der Waals surface area contributed by atoms with Crippen LogP contribution in [-0.4, -0.2) is 5.25 Å². The number of halogens is 2. The molecule has 1 unspecified atom stereocenters. The molecule has 0 spiro atoms. The van der Waals surface area contributed by atoms with Gasteiger partial charge >= 0.3 is 0 Å². The quantitative estimate of drug-likeness (QED) is 0.452. The average Bonchev–Trinajstić information content (AvgIpc) is 2.04. The van der Waals surface area contributed by atoms with Crippen molar-refractivity contribution in [1.82, 2.24) is 5.32 Å². The van der Waals surface area contributed by atoms with Gasteiger partial charge in [-0.2, -0.15) is 4.39 Å². The van der Waals surface area contributed by atoms with Gasteiger partial charge in [-0.15, -0.1) is 0 Å². The van der Waals surface area contributed by atoms with E-state index >= 15 is 0 Å². The molecule has 2 rings (SSSR count). The van der Waals surface area contributed by atoms with Gasteiger partial charge in [-0.25, -0.2) is 0 Å². The second-order valence-corrected chi connectivity index (χ2v) is 3.43. The van der Waals surface area contributed by atoms with E-state index in [1.165, 1.54) is 0 Å². The van der Waals surface area contributed by atoms with E-state index < -0.39 is 5.25 Å². The van der Waals surface area contributed by atoms with E-state index in [0.717, 1.165) is 18.4 Å². The van der Waals surface area contributed by atoms with Crippen LogP contribution in [0.15, 0.2) is 35.6 Å². The Morgan fingerprint density at radius 2 is 2.17 bits per heavy atom. The third-order valence-electron chi connectivity index (χ3n) is 2.06. The van der Waals surface area contributed by atoms with E-state index in [2.05, 4.69) is 5.32 Å².